The van der Waals surface area contributed by atoms with Gasteiger partial charge in [0.15, 0.2) is 12.5 Å². The SMILES string of the molecule is CN(C)c1c(C=O)c2cc(Cl)c(Cl)cc2n1[C@@H]1O[C@H](CO)C(O)C1O. The van der Waals surface area contributed by atoms with Crippen molar-refractivity contribution in [3.8, 4) is 0 Å². The second kappa shape index (κ2) is 6.75. The Morgan fingerprint density at radius 2 is 1.88 bits per heavy atom. The van der Waals surface area contributed by atoms with Crippen molar-refractivity contribution in [3.63, 3.8) is 0 Å². The molecular weight excluding hydrogens is 371 g/mol. The third-order valence-electron chi connectivity index (χ3n) is 4.37. The molecule has 1 aromatic carbocycles. The van der Waals surface area contributed by atoms with E-state index in [1.807, 2.05) is 0 Å². The summed E-state index contributed by atoms with van der Waals surface area (Å²) >= 11 is 12.2. The van der Waals surface area contributed by atoms with Crippen molar-refractivity contribution in [3.05, 3.63) is 27.7 Å². The first kappa shape index (κ1) is 18.4. The summed E-state index contributed by atoms with van der Waals surface area (Å²) in [5, 5.41) is 30.9. The highest BCUT2D eigenvalue weighted by Gasteiger charge is 2.45. The molecule has 136 valence electrons. The number of rotatable bonds is 4. The summed E-state index contributed by atoms with van der Waals surface area (Å²) in [6.45, 7) is -0.446. The average Bonchev–Trinajstić information content (AvgIpc) is 3.03. The Morgan fingerprint density at radius 3 is 2.40 bits per heavy atom. The first-order valence-electron chi connectivity index (χ1n) is 7.59. The molecule has 1 fully saturated rings. The van der Waals surface area contributed by atoms with Crippen LogP contribution in [0.5, 0.6) is 0 Å². The van der Waals surface area contributed by atoms with Gasteiger partial charge in [-0.15, -0.1) is 0 Å². The van der Waals surface area contributed by atoms with Crippen LogP contribution in [0.25, 0.3) is 10.9 Å². The van der Waals surface area contributed by atoms with Gasteiger partial charge in [0, 0.05) is 19.5 Å². The quantitative estimate of drug-likeness (QED) is 0.685. The van der Waals surface area contributed by atoms with Crippen molar-refractivity contribution in [1.82, 2.24) is 4.57 Å². The lowest BCUT2D eigenvalue weighted by Gasteiger charge is -2.24. The normalized spacial score (nSPS) is 26.4. The first-order chi connectivity index (χ1) is 11.8. The van der Waals surface area contributed by atoms with E-state index in [1.165, 1.54) is 0 Å². The van der Waals surface area contributed by atoms with Gasteiger partial charge in [-0.25, -0.2) is 0 Å². The number of aliphatic hydroxyl groups is 3. The summed E-state index contributed by atoms with van der Waals surface area (Å²) < 4.78 is 7.23. The van der Waals surface area contributed by atoms with Crippen LogP contribution in [0, 0.1) is 0 Å². The predicted octanol–water partition coefficient (Wildman–Crippen LogP) is 1.44. The predicted molar refractivity (Wildman–Crippen MR) is 94.7 cm³/mol. The molecule has 1 saturated heterocycles. The molecule has 7 nitrogen and oxygen atoms in total. The smallest absolute Gasteiger partial charge is 0.164 e. The molecule has 2 unspecified atom stereocenters. The molecule has 0 bridgehead atoms. The Hall–Kier alpha value is -1.35. The van der Waals surface area contributed by atoms with Gasteiger partial charge < -0.3 is 25.0 Å². The molecule has 2 heterocycles. The van der Waals surface area contributed by atoms with E-state index in [0.29, 0.717) is 33.6 Å². The molecule has 9 heteroatoms. The monoisotopic (exact) mass is 388 g/mol. The maximum Gasteiger partial charge on any atom is 0.164 e. The highest BCUT2D eigenvalue weighted by atomic mass is 35.5. The minimum absolute atomic E-state index is 0.280. The Kier molecular flexibility index (Phi) is 4.98. The number of aldehydes is 1. The molecule has 0 amide bonds. The van der Waals surface area contributed by atoms with Crippen LogP contribution in [0.1, 0.15) is 16.6 Å². The van der Waals surface area contributed by atoms with E-state index < -0.39 is 31.1 Å². The average molecular weight is 389 g/mol. The molecule has 2 aromatic rings. The van der Waals surface area contributed by atoms with Crippen LogP contribution in [0.15, 0.2) is 12.1 Å². The zero-order valence-electron chi connectivity index (χ0n) is 13.6. The molecule has 1 aromatic heterocycles. The number of fused-ring (bicyclic) bond motifs is 1. The van der Waals surface area contributed by atoms with E-state index in [9.17, 15) is 20.1 Å². The summed E-state index contributed by atoms with van der Waals surface area (Å²) in [4.78, 5) is 13.4. The fourth-order valence-corrected chi connectivity index (χ4v) is 3.56. The minimum atomic E-state index is -1.29. The number of ether oxygens (including phenoxy) is 1. The number of hydrogen-bond donors (Lipinski definition) is 3. The van der Waals surface area contributed by atoms with Gasteiger partial charge in [0.2, 0.25) is 0 Å². The fourth-order valence-electron chi connectivity index (χ4n) is 3.24. The van der Waals surface area contributed by atoms with E-state index in [2.05, 4.69) is 0 Å². The number of hydrogen-bond acceptors (Lipinski definition) is 6. The second-order valence-corrected chi connectivity index (χ2v) is 6.95. The number of aliphatic hydroxyl groups excluding tert-OH is 3. The maximum atomic E-state index is 11.7. The van der Waals surface area contributed by atoms with Crippen molar-refractivity contribution in [2.45, 2.75) is 24.5 Å². The van der Waals surface area contributed by atoms with Crippen LogP contribution < -0.4 is 4.90 Å². The summed E-state index contributed by atoms with van der Waals surface area (Å²) in [5.74, 6) is 0.471. The van der Waals surface area contributed by atoms with Crippen LogP contribution in [-0.2, 0) is 4.74 Å². The Morgan fingerprint density at radius 1 is 1.24 bits per heavy atom. The van der Waals surface area contributed by atoms with Crippen molar-refractivity contribution >= 4 is 46.2 Å². The lowest BCUT2D eigenvalue weighted by Crippen LogP contribution is -2.33. The van der Waals surface area contributed by atoms with Gasteiger partial charge in [0.05, 0.1) is 27.7 Å². The number of benzene rings is 1. The van der Waals surface area contributed by atoms with Crippen molar-refractivity contribution in [1.29, 1.82) is 0 Å². The molecule has 0 spiro atoms. The van der Waals surface area contributed by atoms with Crippen LogP contribution >= 0.6 is 23.2 Å². The van der Waals surface area contributed by atoms with Gasteiger partial charge in [0.25, 0.3) is 0 Å². The van der Waals surface area contributed by atoms with E-state index in [4.69, 9.17) is 27.9 Å². The third-order valence-corrected chi connectivity index (χ3v) is 5.09. The van der Waals surface area contributed by atoms with Crippen LogP contribution in [0.3, 0.4) is 0 Å². The molecular formula is C16H18Cl2N2O5. The maximum absolute atomic E-state index is 11.7. The van der Waals surface area contributed by atoms with Gasteiger partial charge in [0.1, 0.15) is 24.1 Å². The van der Waals surface area contributed by atoms with Gasteiger partial charge in [-0.2, -0.15) is 0 Å². The molecule has 0 saturated carbocycles. The molecule has 0 aliphatic carbocycles. The van der Waals surface area contributed by atoms with Crippen LogP contribution in [0.2, 0.25) is 10.0 Å². The number of carbonyl (C=O) groups is 1. The third kappa shape index (κ3) is 2.81. The highest BCUT2D eigenvalue weighted by Crippen LogP contribution is 2.41. The topological polar surface area (TPSA) is 95.2 Å². The zero-order valence-corrected chi connectivity index (χ0v) is 15.1. The largest absolute Gasteiger partial charge is 0.394 e. The Labute approximate surface area is 153 Å². The molecule has 0 radical (unpaired) electrons. The molecule has 1 aliphatic heterocycles. The Bertz CT molecular complexity index is 823. The van der Waals surface area contributed by atoms with Gasteiger partial charge in [-0.05, 0) is 12.1 Å². The summed E-state index contributed by atoms with van der Waals surface area (Å²) in [6, 6.07) is 3.15. The molecule has 3 N–H and O–H groups in total. The minimum Gasteiger partial charge on any atom is -0.394 e. The number of halogens is 2. The molecule has 3 rings (SSSR count). The molecule has 25 heavy (non-hydrogen) atoms. The van der Waals surface area contributed by atoms with E-state index in [-0.39, 0.29) is 5.02 Å². The summed E-state index contributed by atoms with van der Waals surface area (Å²) in [6.07, 6.45) is -3.79. The number of carbonyl (C=O) groups excluding carboxylic acids is 1. The standard InChI is InChI=1S/C16H18Cl2N2O5/c1-19(2)15-8(5-21)7-3-9(17)10(18)4-11(7)20(15)16-14(24)13(23)12(6-22)25-16/h3-5,12-14,16,22-24H,6H2,1-2H3/t12-,13?,14?,16-/m1/s1. The van der Waals surface area contributed by atoms with E-state index in [1.54, 1.807) is 35.7 Å². The zero-order chi connectivity index (χ0) is 18.5. The molecule has 4 atom stereocenters. The summed E-state index contributed by atoms with van der Waals surface area (Å²) in [5.41, 5.74) is 0.881. The van der Waals surface area contributed by atoms with Gasteiger partial charge >= 0.3 is 0 Å². The number of anilines is 1. The van der Waals surface area contributed by atoms with Crippen molar-refractivity contribution < 1.29 is 24.9 Å². The Balaban J connectivity index is 2.31. The highest BCUT2D eigenvalue weighted by molar-refractivity contribution is 6.43. The van der Waals surface area contributed by atoms with Gasteiger partial charge in [-0.1, -0.05) is 23.2 Å². The van der Waals surface area contributed by atoms with E-state index in [0.717, 1.165) is 0 Å². The fraction of sp³-hybridized carbons (Fsp3) is 0.438. The lowest BCUT2D eigenvalue weighted by atomic mass is 10.1. The van der Waals surface area contributed by atoms with E-state index >= 15 is 0 Å². The van der Waals surface area contributed by atoms with Crippen LogP contribution in [0.4, 0.5) is 5.82 Å². The lowest BCUT2D eigenvalue weighted by molar-refractivity contribution is -0.0499. The second-order valence-electron chi connectivity index (χ2n) is 6.13. The number of aromatic nitrogens is 1. The first-order valence-corrected chi connectivity index (χ1v) is 8.35. The van der Waals surface area contributed by atoms with Gasteiger partial charge in [-0.3, -0.25) is 9.36 Å². The number of nitrogens with zero attached hydrogens (tertiary/aromatic N) is 2. The molecule has 1 aliphatic rings. The van der Waals surface area contributed by atoms with Crippen molar-refractivity contribution in [2.24, 2.45) is 0 Å². The van der Waals surface area contributed by atoms with Crippen LogP contribution in [-0.4, -0.2) is 65.2 Å². The summed E-state index contributed by atoms with van der Waals surface area (Å²) in [7, 11) is 3.48. The van der Waals surface area contributed by atoms with Crippen molar-refractivity contribution in [2.75, 3.05) is 25.6 Å².